The van der Waals surface area contributed by atoms with Crippen LogP contribution in [0.5, 0.6) is 0 Å². The van der Waals surface area contributed by atoms with Gasteiger partial charge in [-0.3, -0.25) is 4.79 Å². The topological polar surface area (TPSA) is 67.9 Å². The normalized spacial score (nSPS) is 24.3. The van der Waals surface area contributed by atoms with Crippen LogP contribution in [-0.2, 0) is 20.9 Å². The first-order valence-corrected chi connectivity index (χ1v) is 15.0. The van der Waals surface area contributed by atoms with E-state index in [0.29, 0.717) is 63.2 Å². The van der Waals surface area contributed by atoms with E-state index in [1.807, 2.05) is 18.2 Å². The summed E-state index contributed by atoms with van der Waals surface area (Å²) >= 11 is 0. The van der Waals surface area contributed by atoms with Crippen molar-refractivity contribution in [3.63, 3.8) is 0 Å². The van der Waals surface area contributed by atoms with E-state index in [0.717, 1.165) is 12.5 Å². The zero-order valence-electron chi connectivity index (χ0n) is 25.8. The molecule has 1 saturated carbocycles. The second kappa shape index (κ2) is 11.7. The first kappa shape index (κ1) is 32.7. The molecule has 6 nitrogen and oxygen atoms in total. The maximum atomic E-state index is 14.1. The molecule has 1 unspecified atom stereocenters. The molecule has 1 amide bonds. The molecule has 2 aliphatic heterocycles. The summed E-state index contributed by atoms with van der Waals surface area (Å²) in [4.78, 5) is 27.8. The lowest BCUT2D eigenvalue weighted by Crippen LogP contribution is -2.66. The molecule has 2 saturated heterocycles. The van der Waals surface area contributed by atoms with Gasteiger partial charge in [-0.2, -0.15) is 0 Å². The number of nitrogens with zero attached hydrogens (tertiary/aromatic N) is 1. The number of likely N-dealkylation sites (tertiary alicyclic amines) is 1. The molecule has 3 fully saturated rings. The smallest absolute Gasteiger partial charge is 0.339 e. The second-order valence-electron chi connectivity index (χ2n) is 14.2. The molecule has 236 valence electrons. The van der Waals surface area contributed by atoms with Crippen LogP contribution < -0.4 is 5.32 Å². The molecule has 1 spiro atoms. The van der Waals surface area contributed by atoms with Gasteiger partial charge in [-0.25, -0.2) is 22.4 Å². The summed E-state index contributed by atoms with van der Waals surface area (Å²) < 4.78 is 68.4. The molecule has 1 aliphatic carbocycles. The number of nitrogens with one attached hydrogen (secondary N) is 1. The van der Waals surface area contributed by atoms with Gasteiger partial charge < -0.3 is 19.7 Å². The lowest BCUT2D eigenvalue weighted by atomic mass is 9.70. The van der Waals surface area contributed by atoms with Crippen LogP contribution in [0.2, 0.25) is 0 Å². The third-order valence-electron chi connectivity index (χ3n) is 9.42. The van der Waals surface area contributed by atoms with Crippen LogP contribution in [0.15, 0.2) is 18.2 Å². The maximum absolute atomic E-state index is 14.1. The molecule has 1 aromatic rings. The highest BCUT2D eigenvalue weighted by Crippen LogP contribution is 2.46. The summed E-state index contributed by atoms with van der Waals surface area (Å²) in [6.45, 7) is 11.3. The van der Waals surface area contributed by atoms with Gasteiger partial charge >= 0.3 is 5.97 Å². The van der Waals surface area contributed by atoms with Crippen molar-refractivity contribution in [2.75, 3.05) is 32.8 Å². The molecule has 4 rings (SSSR count). The Labute approximate surface area is 246 Å². The van der Waals surface area contributed by atoms with E-state index in [4.69, 9.17) is 9.47 Å². The average Bonchev–Trinajstić information content (AvgIpc) is 3.17. The number of benzene rings is 1. The molecule has 1 aromatic carbocycles. The lowest BCUT2D eigenvalue weighted by Gasteiger charge is -2.53. The van der Waals surface area contributed by atoms with E-state index in [1.165, 1.54) is 18.7 Å². The Morgan fingerprint density at radius 1 is 1.05 bits per heavy atom. The highest BCUT2D eigenvalue weighted by Gasteiger charge is 2.58. The molecule has 2 atom stereocenters. The van der Waals surface area contributed by atoms with Crippen molar-refractivity contribution in [1.29, 1.82) is 0 Å². The quantitative estimate of drug-likeness (QED) is 0.208. The summed E-state index contributed by atoms with van der Waals surface area (Å²) in [6.07, 6.45) is 0.888. The van der Waals surface area contributed by atoms with Crippen LogP contribution in [0, 0.1) is 16.7 Å². The summed E-state index contributed by atoms with van der Waals surface area (Å²) in [7, 11) is 0. The molecule has 0 bridgehead atoms. The number of carbonyl (C=O) groups excluding carboxylic acids is 2. The fourth-order valence-electron chi connectivity index (χ4n) is 6.44. The van der Waals surface area contributed by atoms with Crippen molar-refractivity contribution in [2.24, 2.45) is 16.7 Å². The first-order chi connectivity index (χ1) is 19.4. The average molecular weight is 599 g/mol. The molecule has 0 aromatic heterocycles. The van der Waals surface area contributed by atoms with Crippen LogP contribution in [0.3, 0.4) is 0 Å². The first-order valence-electron chi connectivity index (χ1n) is 15.0. The van der Waals surface area contributed by atoms with Gasteiger partial charge in [0.2, 0.25) is 11.8 Å². The molecular weight excluding hydrogens is 552 g/mol. The van der Waals surface area contributed by atoms with E-state index in [-0.39, 0.29) is 36.7 Å². The van der Waals surface area contributed by atoms with E-state index in [2.05, 4.69) is 5.32 Å². The number of carbonyl (C=O) groups is 2. The molecular formula is C32H46F4N2O4. The fourth-order valence-corrected chi connectivity index (χ4v) is 6.44. The van der Waals surface area contributed by atoms with Gasteiger partial charge in [-0.15, -0.1) is 0 Å². The predicted molar refractivity (Wildman–Crippen MR) is 152 cm³/mol. The van der Waals surface area contributed by atoms with Crippen molar-refractivity contribution < 1.29 is 36.6 Å². The Morgan fingerprint density at radius 3 is 2.38 bits per heavy atom. The van der Waals surface area contributed by atoms with Gasteiger partial charge in [-0.1, -0.05) is 18.2 Å². The predicted octanol–water partition coefficient (Wildman–Crippen LogP) is 6.57. The number of alkyl halides is 4. The summed E-state index contributed by atoms with van der Waals surface area (Å²) in [5, 5.41) is 3.36. The van der Waals surface area contributed by atoms with Gasteiger partial charge in [0.1, 0.15) is 11.0 Å². The molecule has 0 radical (unpaired) electrons. The Kier molecular flexibility index (Phi) is 9.12. The van der Waals surface area contributed by atoms with Crippen LogP contribution in [0.25, 0.3) is 0 Å². The third kappa shape index (κ3) is 6.95. The molecule has 42 heavy (non-hydrogen) atoms. The zero-order chi connectivity index (χ0) is 31.1. The van der Waals surface area contributed by atoms with Gasteiger partial charge in [0, 0.05) is 57.3 Å². The van der Waals surface area contributed by atoms with Gasteiger partial charge in [0.05, 0.1) is 18.8 Å². The highest BCUT2D eigenvalue weighted by molar-refractivity contribution is 5.93. The number of rotatable bonds is 8. The zero-order valence-corrected chi connectivity index (χ0v) is 25.8. The lowest BCUT2D eigenvalue weighted by molar-refractivity contribution is -0.176. The SMILES string of the molecule is CC(C)(C)OC(=O)c1c(COC[C@@H]2CNCC23CN(C(=O)C(C)(C)C(C)(F)F)C3)cccc1C1CCCC(F)(F)CC1. The molecule has 1 N–H and O–H groups in total. The fraction of sp³-hybridized carbons (Fsp3) is 0.750. The highest BCUT2D eigenvalue weighted by atomic mass is 19.3. The number of hydrogen-bond acceptors (Lipinski definition) is 5. The van der Waals surface area contributed by atoms with Gasteiger partial charge in [0.25, 0.3) is 5.92 Å². The van der Waals surface area contributed by atoms with E-state index in [9.17, 15) is 27.2 Å². The van der Waals surface area contributed by atoms with Crippen LogP contribution >= 0.6 is 0 Å². The van der Waals surface area contributed by atoms with Crippen LogP contribution in [-0.4, -0.2) is 67.0 Å². The molecule has 2 heterocycles. The Morgan fingerprint density at radius 2 is 1.74 bits per heavy atom. The summed E-state index contributed by atoms with van der Waals surface area (Å²) in [5.74, 6) is -6.99. The van der Waals surface area contributed by atoms with Crippen molar-refractivity contribution in [3.05, 3.63) is 34.9 Å². The third-order valence-corrected chi connectivity index (χ3v) is 9.42. The Balaban J connectivity index is 1.46. The minimum Gasteiger partial charge on any atom is -0.456 e. The van der Waals surface area contributed by atoms with Gasteiger partial charge in [0.15, 0.2) is 0 Å². The number of hydrogen-bond donors (Lipinski definition) is 1. The van der Waals surface area contributed by atoms with Crippen molar-refractivity contribution in [3.8, 4) is 0 Å². The van der Waals surface area contributed by atoms with E-state index in [1.54, 1.807) is 20.8 Å². The maximum Gasteiger partial charge on any atom is 0.339 e. The Bertz CT molecular complexity index is 1150. The van der Waals surface area contributed by atoms with Crippen molar-refractivity contribution >= 4 is 11.9 Å². The second-order valence-corrected chi connectivity index (χ2v) is 14.2. The monoisotopic (exact) mass is 598 g/mol. The number of esters is 1. The Hall–Kier alpha value is -2.20. The molecule has 3 aliphatic rings. The standard InChI is InChI=1S/C32H46F4N2O4/c1-28(2,3)42-26(39)25-22(9-7-11-24(25)21-10-8-13-32(35,36)14-12-21)16-41-17-23-15-37-18-31(23)19-38(20-31)27(40)29(4,5)30(6,33)34/h7,9,11,21,23,37H,8,10,12-20H2,1-6H3/t21?,23-/m0/s1. The van der Waals surface area contributed by atoms with Crippen molar-refractivity contribution in [1.82, 2.24) is 10.2 Å². The molecule has 10 heteroatoms. The van der Waals surface area contributed by atoms with E-state index >= 15 is 0 Å². The minimum absolute atomic E-state index is 0.0593. The summed E-state index contributed by atoms with van der Waals surface area (Å²) in [5.41, 5.74) is -1.00. The van der Waals surface area contributed by atoms with Gasteiger partial charge in [-0.05, 0) is 70.9 Å². The van der Waals surface area contributed by atoms with Crippen molar-refractivity contribution in [2.45, 2.75) is 104 Å². The minimum atomic E-state index is -3.14. The van der Waals surface area contributed by atoms with E-state index < -0.39 is 34.7 Å². The number of halogens is 4. The number of ether oxygens (including phenoxy) is 2. The van der Waals surface area contributed by atoms with Crippen LogP contribution in [0.4, 0.5) is 17.6 Å². The largest absolute Gasteiger partial charge is 0.456 e. The van der Waals surface area contributed by atoms with Crippen LogP contribution in [0.1, 0.15) is 101 Å². The number of amides is 1. The summed E-state index contributed by atoms with van der Waals surface area (Å²) in [6, 6.07) is 5.49.